The molecule has 218 valence electrons. The number of pyridine rings is 1. The van der Waals surface area contributed by atoms with Crippen molar-refractivity contribution in [3.05, 3.63) is 98.2 Å². The van der Waals surface area contributed by atoms with Crippen LogP contribution in [0, 0.1) is 5.92 Å². The van der Waals surface area contributed by atoms with Crippen LogP contribution in [-0.4, -0.2) is 52.9 Å². The first-order valence-electron chi connectivity index (χ1n) is 15.3. The van der Waals surface area contributed by atoms with Crippen LogP contribution in [0.1, 0.15) is 73.5 Å². The Kier molecular flexibility index (Phi) is 10.5. The van der Waals surface area contributed by atoms with Crippen LogP contribution in [0.4, 0.5) is 0 Å². The van der Waals surface area contributed by atoms with E-state index in [9.17, 15) is 4.79 Å². The lowest BCUT2D eigenvalue weighted by molar-refractivity contribution is -0.127. The topological polar surface area (TPSA) is 48.5 Å². The van der Waals surface area contributed by atoms with Crippen molar-refractivity contribution in [2.24, 2.45) is 5.92 Å². The molecule has 3 aliphatic rings. The van der Waals surface area contributed by atoms with Crippen molar-refractivity contribution in [3.8, 4) is 0 Å². The summed E-state index contributed by atoms with van der Waals surface area (Å²) in [6.45, 7) is 8.83. The molecule has 1 atom stereocenters. The Morgan fingerprint density at radius 2 is 1.66 bits per heavy atom. The first-order chi connectivity index (χ1) is 20.0. The third-order valence-electron chi connectivity index (χ3n) is 8.74. The van der Waals surface area contributed by atoms with Gasteiger partial charge in [-0.1, -0.05) is 61.8 Å². The number of amides is 1. The van der Waals surface area contributed by atoms with Gasteiger partial charge in [-0.3, -0.25) is 19.6 Å². The van der Waals surface area contributed by atoms with Gasteiger partial charge in [0.1, 0.15) is 0 Å². The zero-order chi connectivity index (χ0) is 28.8. The molecule has 0 saturated carbocycles. The third kappa shape index (κ3) is 7.40. The van der Waals surface area contributed by atoms with E-state index in [2.05, 4.69) is 79.6 Å². The van der Waals surface area contributed by atoms with Crippen LogP contribution in [0.3, 0.4) is 0 Å². The van der Waals surface area contributed by atoms with Crippen molar-refractivity contribution >= 4 is 33.4 Å². The summed E-state index contributed by atoms with van der Waals surface area (Å²) in [6, 6.07) is 19.6. The van der Waals surface area contributed by atoms with Crippen LogP contribution in [0.5, 0.6) is 0 Å². The minimum atomic E-state index is 0.0800. The number of likely N-dealkylation sites (tertiary alicyclic amines) is 2. The van der Waals surface area contributed by atoms with E-state index in [-0.39, 0.29) is 23.9 Å². The standard InChI is InChI=1S/C32H36BrClN4O.C2H6/c33-26-18-25-7-6-24-19-27(34)8-9-29(24)31(30(25)35-20-26)38-16-10-23(11-17-38)32(39)36-28-12-14-37(15-13-28)21-22-4-2-1-3-5-22;1-2/h1-5,8-9,18-20,23,28,31H,6-7,10-17,21H2,(H,36,39);1-2H3. The second-order valence-corrected chi connectivity index (χ2v) is 12.7. The lowest BCUT2D eigenvalue weighted by Gasteiger charge is -2.38. The molecule has 1 aromatic heterocycles. The fraction of sp³-hybridized carbons (Fsp3) is 0.471. The molecule has 3 aromatic rings. The highest BCUT2D eigenvalue weighted by molar-refractivity contribution is 9.10. The van der Waals surface area contributed by atoms with E-state index in [1.54, 1.807) is 0 Å². The van der Waals surface area contributed by atoms with Gasteiger partial charge in [0.05, 0.1) is 11.7 Å². The summed E-state index contributed by atoms with van der Waals surface area (Å²) in [6.07, 6.45) is 7.63. The molecule has 3 heterocycles. The maximum absolute atomic E-state index is 13.3. The van der Waals surface area contributed by atoms with Crippen molar-refractivity contribution < 1.29 is 4.79 Å². The van der Waals surface area contributed by atoms with Gasteiger partial charge in [-0.2, -0.15) is 0 Å². The van der Waals surface area contributed by atoms with Crippen molar-refractivity contribution in [2.45, 2.75) is 71.0 Å². The SMILES string of the molecule is CC.O=C(NC1CCN(Cc2ccccc2)CC1)C1CCN(C2c3ccc(Cl)cc3CCc3cc(Br)cnc32)CC1. The maximum atomic E-state index is 13.3. The second-order valence-electron chi connectivity index (χ2n) is 11.3. The average molecular weight is 638 g/mol. The van der Waals surface area contributed by atoms with Gasteiger partial charge in [-0.05, 0) is 108 Å². The van der Waals surface area contributed by atoms with Crippen molar-refractivity contribution in [2.75, 3.05) is 26.2 Å². The zero-order valence-corrected chi connectivity index (χ0v) is 26.6. The van der Waals surface area contributed by atoms with E-state index in [0.29, 0.717) is 0 Å². The lowest BCUT2D eigenvalue weighted by Crippen LogP contribution is -2.48. The summed E-state index contributed by atoms with van der Waals surface area (Å²) in [5.41, 5.74) is 6.40. The fourth-order valence-electron chi connectivity index (χ4n) is 6.60. The van der Waals surface area contributed by atoms with Crippen LogP contribution in [0.15, 0.2) is 65.3 Å². The Morgan fingerprint density at radius 1 is 0.951 bits per heavy atom. The van der Waals surface area contributed by atoms with Gasteiger partial charge in [-0.25, -0.2) is 0 Å². The van der Waals surface area contributed by atoms with Crippen LogP contribution in [0.2, 0.25) is 5.02 Å². The largest absolute Gasteiger partial charge is 0.353 e. The molecule has 7 heteroatoms. The molecule has 0 bridgehead atoms. The van der Waals surface area contributed by atoms with E-state index in [1.165, 1.54) is 22.3 Å². The molecule has 0 radical (unpaired) electrons. The number of hydrogen-bond acceptors (Lipinski definition) is 4. The summed E-state index contributed by atoms with van der Waals surface area (Å²) in [5.74, 6) is 0.322. The quantitative estimate of drug-likeness (QED) is 0.321. The maximum Gasteiger partial charge on any atom is 0.223 e. The third-order valence-corrected chi connectivity index (χ3v) is 9.41. The van der Waals surface area contributed by atoms with Crippen LogP contribution in [-0.2, 0) is 24.2 Å². The number of benzene rings is 2. The highest BCUT2D eigenvalue weighted by atomic mass is 79.9. The molecule has 6 rings (SSSR count). The minimum Gasteiger partial charge on any atom is -0.353 e. The summed E-state index contributed by atoms with van der Waals surface area (Å²) in [4.78, 5) is 23.2. The fourth-order valence-corrected chi connectivity index (χ4v) is 7.17. The number of nitrogens with zero attached hydrogens (tertiary/aromatic N) is 3. The lowest BCUT2D eigenvalue weighted by atomic mass is 9.90. The van der Waals surface area contributed by atoms with E-state index in [1.807, 2.05) is 26.1 Å². The summed E-state index contributed by atoms with van der Waals surface area (Å²) < 4.78 is 1.02. The number of fused-ring (bicyclic) bond motifs is 2. The minimum absolute atomic E-state index is 0.0800. The Bertz CT molecular complexity index is 1250. The molecule has 1 N–H and O–H groups in total. The smallest absolute Gasteiger partial charge is 0.223 e. The molecule has 0 spiro atoms. The van der Waals surface area contributed by atoms with Crippen LogP contribution < -0.4 is 5.32 Å². The predicted molar refractivity (Wildman–Crippen MR) is 171 cm³/mol. The number of carbonyl (C=O) groups is 1. The summed E-state index contributed by atoms with van der Waals surface area (Å²) >= 11 is 10.0. The summed E-state index contributed by atoms with van der Waals surface area (Å²) in [5, 5.41) is 4.19. The van der Waals surface area contributed by atoms with E-state index < -0.39 is 0 Å². The summed E-state index contributed by atoms with van der Waals surface area (Å²) in [7, 11) is 0. The molecule has 2 aliphatic heterocycles. The van der Waals surface area contributed by atoms with E-state index >= 15 is 0 Å². The molecule has 2 saturated heterocycles. The van der Waals surface area contributed by atoms with Gasteiger partial charge in [-0.15, -0.1) is 0 Å². The highest BCUT2D eigenvalue weighted by Gasteiger charge is 2.35. The molecular weight excluding hydrogens is 596 g/mol. The normalized spacial score (nSPS) is 20.2. The highest BCUT2D eigenvalue weighted by Crippen LogP contribution is 2.39. The molecule has 5 nitrogen and oxygen atoms in total. The molecule has 2 fully saturated rings. The van der Waals surface area contributed by atoms with Crippen molar-refractivity contribution in [1.82, 2.24) is 20.1 Å². The molecule has 1 aliphatic carbocycles. The zero-order valence-electron chi connectivity index (χ0n) is 24.3. The van der Waals surface area contributed by atoms with Gasteiger partial charge in [0.25, 0.3) is 0 Å². The van der Waals surface area contributed by atoms with Gasteiger partial charge >= 0.3 is 0 Å². The second kappa shape index (κ2) is 14.3. The van der Waals surface area contributed by atoms with Crippen molar-refractivity contribution in [3.63, 3.8) is 0 Å². The molecule has 1 unspecified atom stereocenters. The number of rotatable bonds is 5. The Labute approximate surface area is 258 Å². The monoisotopic (exact) mass is 636 g/mol. The van der Waals surface area contributed by atoms with Gasteiger partial charge in [0.15, 0.2) is 0 Å². The van der Waals surface area contributed by atoms with Gasteiger partial charge in [0.2, 0.25) is 5.91 Å². The Morgan fingerprint density at radius 3 is 2.39 bits per heavy atom. The van der Waals surface area contributed by atoms with Crippen molar-refractivity contribution in [1.29, 1.82) is 0 Å². The number of nitrogens with one attached hydrogen (secondary N) is 1. The Balaban J connectivity index is 0.00000165. The molecule has 1 amide bonds. The van der Waals surface area contributed by atoms with E-state index in [0.717, 1.165) is 86.4 Å². The molecule has 41 heavy (non-hydrogen) atoms. The van der Waals surface area contributed by atoms with Crippen LogP contribution in [0.25, 0.3) is 0 Å². The van der Waals surface area contributed by atoms with Gasteiger partial charge < -0.3 is 5.32 Å². The van der Waals surface area contributed by atoms with E-state index in [4.69, 9.17) is 16.6 Å². The predicted octanol–water partition coefficient (Wildman–Crippen LogP) is 7.20. The van der Waals surface area contributed by atoms with Crippen LogP contribution >= 0.6 is 27.5 Å². The number of carbonyl (C=O) groups excluding carboxylic acids is 1. The first-order valence-corrected chi connectivity index (χ1v) is 16.4. The average Bonchev–Trinajstić information content (AvgIpc) is 3.16. The number of aryl methyl sites for hydroxylation is 2. The number of hydrogen-bond donors (Lipinski definition) is 1. The van der Waals surface area contributed by atoms with Gasteiger partial charge in [0, 0.05) is 47.3 Å². The number of halogens is 2. The molecular formula is C34H42BrClN4O. The molecule has 2 aromatic carbocycles. The Hall–Kier alpha value is -2.25. The number of piperidine rings is 2. The first kappa shape index (κ1) is 30.2. The number of aromatic nitrogens is 1.